The Hall–Kier alpha value is -1.83. The molecule has 2 atom stereocenters. The molecule has 0 radical (unpaired) electrons. The van der Waals surface area contributed by atoms with Crippen LogP contribution in [0.15, 0.2) is 29.6 Å². The summed E-state index contributed by atoms with van der Waals surface area (Å²) in [6.07, 6.45) is 0. The van der Waals surface area contributed by atoms with Gasteiger partial charge < -0.3 is 9.80 Å². The molecule has 1 aromatic carbocycles. The van der Waals surface area contributed by atoms with E-state index in [1.807, 2.05) is 4.90 Å². The summed E-state index contributed by atoms with van der Waals surface area (Å²) in [6.45, 7) is 7.97. The number of amides is 1. The zero-order valence-corrected chi connectivity index (χ0v) is 16.9. The van der Waals surface area contributed by atoms with Gasteiger partial charge in [-0.1, -0.05) is 34.3 Å². The van der Waals surface area contributed by atoms with Crippen molar-refractivity contribution >= 4 is 17.4 Å². The van der Waals surface area contributed by atoms with Gasteiger partial charge in [0.25, 0.3) is 0 Å². The van der Waals surface area contributed by atoms with E-state index in [2.05, 4.69) is 63.0 Å². The lowest BCUT2D eigenvalue weighted by molar-refractivity contribution is -0.133. The first-order chi connectivity index (χ1) is 13.1. The minimum Gasteiger partial charge on any atom is -0.339 e. The molecule has 0 saturated carbocycles. The lowest BCUT2D eigenvalue weighted by atomic mass is 9.87. The van der Waals surface area contributed by atoms with Crippen LogP contribution in [0, 0.1) is 6.92 Å². The molecule has 0 unspecified atom stereocenters. The Balaban J connectivity index is 1.47. The van der Waals surface area contributed by atoms with Crippen molar-refractivity contribution in [2.45, 2.75) is 18.8 Å². The molecule has 27 heavy (non-hydrogen) atoms. The van der Waals surface area contributed by atoms with E-state index < -0.39 is 0 Å². The molecule has 4 rings (SSSR count). The van der Waals surface area contributed by atoms with Crippen LogP contribution in [-0.2, 0) is 4.79 Å². The molecule has 7 heteroatoms. The number of piperazine rings is 1. The maximum atomic E-state index is 12.8. The SMILES string of the molecule is Cc1ccc([C@@H]2CN(CC(=O)N3CCN(C)CC3)C[C@H]2c2csnn2)cc1. The molecule has 1 amide bonds. The minimum absolute atomic E-state index is 0.253. The van der Waals surface area contributed by atoms with E-state index in [0.717, 1.165) is 45.0 Å². The van der Waals surface area contributed by atoms with E-state index in [1.165, 1.54) is 22.7 Å². The predicted octanol–water partition coefficient (Wildman–Crippen LogP) is 1.80. The summed E-state index contributed by atoms with van der Waals surface area (Å²) in [7, 11) is 2.11. The highest BCUT2D eigenvalue weighted by molar-refractivity contribution is 7.03. The largest absolute Gasteiger partial charge is 0.339 e. The van der Waals surface area contributed by atoms with E-state index in [9.17, 15) is 4.79 Å². The van der Waals surface area contributed by atoms with Crippen LogP contribution in [0.1, 0.15) is 28.7 Å². The fourth-order valence-electron chi connectivity index (χ4n) is 4.15. The Morgan fingerprint density at radius 3 is 2.48 bits per heavy atom. The third-order valence-electron chi connectivity index (χ3n) is 5.87. The number of benzene rings is 1. The Morgan fingerprint density at radius 2 is 1.81 bits per heavy atom. The lowest BCUT2D eigenvalue weighted by Crippen LogP contribution is -2.49. The van der Waals surface area contributed by atoms with Gasteiger partial charge in [0.15, 0.2) is 0 Å². The first-order valence-corrected chi connectivity index (χ1v) is 10.5. The van der Waals surface area contributed by atoms with Gasteiger partial charge in [-0.2, -0.15) is 0 Å². The molecule has 3 heterocycles. The molecule has 0 spiro atoms. The summed E-state index contributed by atoms with van der Waals surface area (Å²) in [4.78, 5) is 19.4. The Bertz CT molecular complexity index is 755. The van der Waals surface area contributed by atoms with Crippen molar-refractivity contribution in [1.29, 1.82) is 0 Å². The maximum Gasteiger partial charge on any atom is 0.236 e. The molecule has 6 nitrogen and oxygen atoms in total. The van der Waals surface area contributed by atoms with Gasteiger partial charge >= 0.3 is 0 Å². The van der Waals surface area contributed by atoms with Crippen LogP contribution in [-0.4, -0.2) is 83.1 Å². The molecular weight excluding hydrogens is 358 g/mol. The summed E-state index contributed by atoms with van der Waals surface area (Å²) in [5, 5.41) is 6.40. The number of likely N-dealkylation sites (N-methyl/N-ethyl adjacent to an activating group) is 1. The number of aryl methyl sites for hydroxylation is 1. The summed E-state index contributed by atoms with van der Waals surface area (Å²) in [5.74, 6) is 0.907. The number of carbonyl (C=O) groups excluding carboxylic acids is 1. The third kappa shape index (κ3) is 4.20. The van der Waals surface area contributed by atoms with Gasteiger partial charge in [-0.25, -0.2) is 0 Å². The van der Waals surface area contributed by atoms with Crippen molar-refractivity contribution in [3.63, 3.8) is 0 Å². The summed E-state index contributed by atoms with van der Waals surface area (Å²) < 4.78 is 4.07. The van der Waals surface area contributed by atoms with E-state index in [4.69, 9.17) is 0 Å². The van der Waals surface area contributed by atoms with Crippen molar-refractivity contribution in [2.75, 3.05) is 52.9 Å². The third-order valence-corrected chi connectivity index (χ3v) is 6.40. The van der Waals surface area contributed by atoms with Gasteiger partial charge in [-0.3, -0.25) is 9.69 Å². The van der Waals surface area contributed by atoms with Gasteiger partial charge in [0.1, 0.15) is 0 Å². The molecular formula is C20H27N5OS. The van der Waals surface area contributed by atoms with Gasteiger partial charge in [0, 0.05) is 56.5 Å². The standard InChI is InChI=1S/C20H27N5OS/c1-15-3-5-16(6-4-15)17-11-24(12-18(17)19-14-27-22-21-19)13-20(26)25-9-7-23(2)8-10-25/h3-6,14,17-18H,7-13H2,1-2H3/t17-,18+/m0/s1. The van der Waals surface area contributed by atoms with Crippen molar-refractivity contribution in [2.24, 2.45) is 0 Å². The number of rotatable bonds is 4. The van der Waals surface area contributed by atoms with E-state index in [1.54, 1.807) is 0 Å². The molecule has 2 fully saturated rings. The fraction of sp³-hybridized carbons (Fsp3) is 0.550. The molecule has 144 valence electrons. The van der Waals surface area contributed by atoms with E-state index in [-0.39, 0.29) is 5.91 Å². The number of carbonyl (C=O) groups is 1. The molecule has 2 aliphatic heterocycles. The van der Waals surface area contributed by atoms with Gasteiger partial charge in [-0.05, 0) is 31.1 Å². The van der Waals surface area contributed by atoms with Crippen LogP contribution < -0.4 is 0 Å². The lowest BCUT2D eigenvalue weighted by Gasteiger charge is -2.33. The van der Waals surface area contributed by atoms with Gasteiger partial charge in [0.2, 0.25) is 5.91 Å². The number of nitrogens with zero attached hydrogens (tertiary/aromatic N) is 5. The second-order valence-corrected chi connectivity index (χ2v) is 8.44. The van der Waals surface area contributed by atoms with Crippen LogP contribution >= 0.6 is 11.5 Å². The Kier molecular flexibility index (Phi) is 5.52. The van der Waals surface area contributed by atoms with Crippen molar-refractivity contribution < 1.29 is 4.79 Å². The highest BCUT2D eigenvalue weighted by Gasteiger charge is 2.37. The first kappa shape index (κ1) is 18.5. The molecule has 0 aliphatic carbocycles. The Morgan fingerprint density at radius 1 is 1.11 bits per heavy atom. The second kappa shape index (κ2) is 8.04. The zero-order chi connectivity index (χ0) is 18.8. The summed E-state index contributed by atoms with van der Waals surface area (Å²) in [6, 6.07) is 8.78. The van der Waals surface area contributed by atoms with Crippen LogP contribution in [0.2, 0.25) is 0 Å². The number of hydrogen-bond acceptors (Lipinski definition) is 6. The first-order valence-electron chi connectivity index (χ1n) is 9.62. The monoisotopic (exact) mass is 385 g/mol. The van der Waals surface area contributed by atoms with Crippen LogP contribution in [0.5, 0.6) is 0 Å². The molecule has 2 saturated heterocycles. The molecule has 2 aliphatic rings. The van der Waals surface area contributed by atoms with Crippen LogP contribution in [0.3, 0.4) is 0 Å². The summed E-state index contributed by atoms with van der Waals surface area (Å²) in [5.41, 5.74) is 3.65. The van der Waals surface area contributed by atoms with Crippen LogP contribution in [0.25, 0.3) is 0 Å². The fourth-order valence-corrected chi connectivity index (χ4v) is 4.66. The van der Waals surface area contributed by atoms with E-state index in [0.29, 0.717) is 18.4 Å². The van der Waals surface area contributed by atoms with E-state index >= 15 is 0 Å². The molecule has 2 aromatic rings. The van der Waals surface area contributed by atoms with Crippen LogP contribution in [0.4, 0.5) is 0 Å². The molecule has 0 N–H and O–H groups in total. The topological polar surface area (TPSA) is 52.6 Å². The second-order valence-electron chi connectivity index (χ2n) is 7.83. The number of aromatic nitrogens is 2. The summed E-state index contributed by atoms with van der Waals surface area (Å²) >= 11 is 1.40. The normalized spacial score (nSPS) is 24.4. The zero-order valence-electron chi connectivity index (χ0n) is 16.0. The highest BCUT2D eigenvalue weighted by Crippen LogP contribution is 2.39. The minimum atomic E-state index is 0.253. The average Bonchev–Trinajstić information content (AvgIpc) is 3.32. The number of likely N-dealkylation sites (tertiary alicyclic amines) is 1. The van der Waals surface area contributed by atoms with Crippen molar-refractivity contribution in [1.82, 2.24) is 24.3 Å². The quantitative estimate of drug-likeness (QED) is 0.803. The smallest absolute Gasteiger partial charge is 0.236 e. The predicted molar refractivity (Wildman–Crippen MR) is 107 cm³/mol. The van der Waals surface area contributed by atoms with Gasteiger partial charge in [-0.15, -0.1) is 5.10 Å². The highest BCUT2D eigenvalue weighted by atomic mass is 32.1. The average molecular weight is 386 g/mol. The maximum absolute atomic E-state index is 12.8. The Labute approximate surface area is 164 Å². The van der Waals surface area contributed by atoms with Gasteiger partial charge in [0.05, 0.1) is 12.2 Å². The number of hydrogen-bond donors (Lipinski definition) is 0. The van der Waals surface area contributed by atoms with Crippen molar-refractivity contribution in [3.05, 3.63) is 46.5 Å². The van der Waals surface area contributed by atoms with Crippen molar-refractivity contribution in [3.8, 4) is 0 Å². The molecule has 0 bridgehead atoms. The molecule has 1 aromatic heterocycles.